The zero-order chi connectivity index (χ0) is 19.0. The van der Waals surface area contributed by atoms with E-state index < -0.39 is 0 Å². The summed E-state index contributed by atoms with van der Waals surface area (Å²) >= 11 is 5.98. The number of H-pyrrole nitrogens is 1. The number of rotatable bonds is 4. The van der Waals surface area contributed by atoms with Gasteiger partial charge < -0.3 is 9.55 Å². The lowest BCUT2D eigenvalue weighted by atomic mass is 9.86. The average Bonchev–Trinajstić information content (AvgIpc) is 3.03. The van der Waals surface area contributed by atoms with Gasteiger partial charge in [-0.2, -0.15) is 0 Å². The maximum Gasteiger partial charge on any atom is 0.279 e. The van der Waals surface area contributed by atoms with Crippen LogP contribution in [0.4, 0.5) is 0 Å². The Balaban J connectivity index is 1.74. The molecule has 0 amide bonds. The van der Waals surface area contributed by atoms with Gasteiger partial charge in [-0.15, -0.1) is 0 Å². The van der Waals surface area contributed by atoms with Crippen LogP contribution in [0.2, 0.25) is 5.02 Å². The molecule has 7 heteroatoms. The summed E-state index contributed by atoms with van der Waals surface area (Å²) in [5.74, 6) is 2.10. The van der Waals surface area contributed by atoms with E-state index in [1.54, 1.807) is 0 Å². The van der Waals surface area contributed by atoms with E-state index >= 15 is 0 Å². The molecule has 1 fully saturated rings. The van der Waals surface area contributed by atoms with Gasteiger partial charge in [0.25, 0.3) is 5.56 Å². The standard InChI is InChI=1S/C20H21ClN4O2/c1-2-25-18(13-5-7-14(21)8-6-13)24-17-19(25)22-16(23-20(17)27)11-12-3-9-15(26)10-4-12/h5-8,12H,2-4,9-11H2,1H3,(H,22,23,27). The third kappa shape index (κ3) is 3.54. The number of imidazole rings is 1. The summed E-state index contributed by atoms with van der Waals surface area (Å²) in [4.78, 5) is 36.2. The Hall–Kier alpha value is -2.47. The number of Topliss-reactive ketones (excluding diaryl/α,β-unsaturated/α-hetero) is 1. The third-order valence-corrected chi connectivity index (χ3v) is 5.47. The molecule has 0 spiro atoms. The summed E-state index contributed by atoms with van der Waals surface area (Å²) in [6.07, 6.45) is 3.67. The Morgan fingerprint density at radius 3 is 2.52 bits per heavy atom. The lowest BCUT2D eigenvalue weighted by Crippen LogP contribution is -2.19. The fraction of sp³-hybridized carbons (Fsp3) is 0.400. The topological polar surface area (TPSA) is 80.6 Å². The number of aromatic nitrogens is 4. The molecule has 1 aliphatic carbocycles. The first-order chi connectivity index (χ1) is 13.0. The summed E-state index contributed by atoms with van der Waals surface area (Å²) in [5.41, 5.74) is 1.63. The number of aryl methyl sites for hydroxylation is 1. The fourth-order valence-electron chi connectivity index (χ4n) is 3.75. The molecular weight excluding hydrogens is 364 g/mol. The Bertz CT molecular complexity index is 1040. The van der Waals surface area contributed by atoms with Gasteiger partial charge in [0.15, 0.2) is 11.2 Å². The van der Waals surface area contributed by atoms with Gasteiger partial charge in [0.1, 0.15) is 17.4 Å². The van der Waals surface area contributed by atoms with Crippen molar-refractivity contribution in [2.45, 2.75) is 45.6 Å². The number of nitrogens with zero attached hydrogens (tertiary/aromatic N) is 3. The van der Waals surface area contributed by atoms with Crippen LogP contribution in [0, 0.1) is 5.92 Å². The van der Waals surface area contributed by atoms with Gasteiger partial charge in [0.05, 0.1) is 0 Å². The van der Waals surface area contributed by atoms with E-state index in [0.717, 1.165) is 18.4 Å². The van der Waals surface area contributed by atoms with Crippen LogP contribution in [0.1, 0.15) is 38.4 Å². The van der Waals surface area contributed by atoms with E-state index in [9.17, 15) is 9.59 Å². The van der Waals surface area contributed by atoms with Crippen molar-refractivity contribution in [2.75, 3.05) is 0 Å². The number of halogens is 1. The van der Waals surface area contributed by atoms with Crippen LogP contribution in [-0.2, 0) is 17.8 Å². The Morgan fingerprint density at radius 2 is 1.85 bits per heavy atom. The molecule has 0 saturated heterocycles. The molecular formula is C20H21ClN4O2. The minimum Gasteiger partial charge on any atom is -0.309 e. The van der Waals surface area contributed by atoms with E-state index in [0.29, 0.717) is 65.3 Å². The van der Waals surface area contributed by atoms with Gasteiger partial charge in [-0.25, -0.2) is 9.97 Å². The highest BCUT2D eigenvalue weighted by molar-refractivity contribution is 6.30. The van der Waals surface area contributed by atoms with E-state index in [2.05, 4.69) is 9.97 Å². The Morgan fingerprint density at radius 1 is 1.15 bits per heavy atom. The van der Waals surface area contributed by atoms with Crippen LogP contribution in [0.3, 0.4) is 0 Å². The molecule has 1 N–H and O–H groups in total. The second-order valence-electron chi connectivity index (χ2n) is 7.06. The minimum absolute atomic E-state index is 0.218. The number of carbonyl (C=O) groups excluding carboxylic acids is 1. The van der Waals surface area contributed by atoms with Crippen LogP contribution < -0.4 is 5.56 Å². The van der Waals surface area contributed by atoms with Crippen LogP contribution in [0.25, 0.3) is 22.6 Å². The molecule has 140 valence electrons. The molecule has 2 aromatic heterocycles. The highest BCUT2D eigenvalue weighted by Crippen LogP contribution is 2.26. The number of carbonyl (C=O) groups is 1. The lowest BCUT2D eigenvalue weighted by molar-refractivity contribution is -0.121. The molecule has 0 radical (unpaired) electrons. The van der Waals surface area contributed by atoms with Crippen molar-refractivity contribution in [1.82, 2.24) is 19.5 Å². The van der Waals surface area contributed by atoms with E-state index in [-0.39, 0.29) is 5.56 Å². The highest BCUT2D eigenvalue weighted by atomic mass is 35.5. The number of hydrogen-bond donors (Lipinski definition) is 1. The lowest BCUT2D eigenvalue weighted by Gasteiger charge is -2.20. The van der Waals surface area contributed by atoms with Gasteiger partial charge in [-0.05, 0) is 49.9 Å². The molecule has 0 bridgehead atoms. The van der Waals surface area contributed by atoms with E-state index in [1.165, 1.54) is 0 Å². The zero-order valence-corrected chi connectivity index (χ0v) is 15.9. The highest BCUT2D eigenvalue weighted by Gasteiger charge is 2.21. The molecule has 1 aliphatic rings. The summed E-state index contributed by atoms with van der Waals surface area (Å²) in [6.45, 7) is 2.66. The van der Waals surface area contributed by atoms with Crippen molar-refractivity contribution in [2.24, 2.45) is 5.92 Å². The van der Waals surface area contributed by atoms with Crippen molar-refractivity contribution in [1.29, 1.82) is 0 Å². The first-order valence-electron chi connectivity index (χ1n) is 9.32. The predicted octanol–water partition coefficient (Wildman–Crippen LogP) is 3.76. The number of hydrogen-bond acceptors (Lipinski definition) is 4. The molecule has 2 heterocycles. The minimum atomic E-state index is -0.218. The first-order valence-corrected chi connectivity index (χ1v) is 9.70. The molecule has 1 saturated carbocycles. The van der Waals surface area contributed by atoms with Crippen LogP contribution in [-0.4, -0.2) is 25.3 Å². The smallest absolute Gasteiger partial charge is 0.279 e. The summed E-state index contributed by atoms with van der Waals surface area (Å²) in [7, 11) is 0. The predicted molar refractivity (Wildman–Crippen MR) is 105 cm³/mol. The molecule has 4 rings (SSSR count). The molecule has 0 aliphatic heterocycles. The maximum absolute atomic E-state index is 12.6. The van der Waals surface area contributed by atoms with Gasteiger partial charge in [0, 0.05) is 36.4 Å². The van der Waals surface area contributed by atoms with E-state index in [4.69, 9.17) is 16.6 Å². The average molecular weight is 385 g/mol. The van der Waals surface area contributed by atoms with Gasteiger partial charge in [0.2, 0.25) is 0 Å². The van der Waals surface area contributed by atoms with Crippen molar-refractivity contribution in [3.05, 3.63) is 45.5 Å². The molecule has 6 nitrogen and oxygen atoms in total. The maximum atomic E-state index is 12.6. The van der Waals surface area contributed by atoms with Crippen LogP contribution >= 0.6 is 11.6 Å². The van der Waals surface area contributed by atoms with Crippen molar-refractivity contribution in [3.8, 4) is 11.4 Å². The summed E-state index contributed by atoms with van der Waals surface area (Å²) in [5, 5.41) is 0.655. The number of fused-ring (bicyclic) bond motifs is 1. The largest absolute Gasteiger partial charge is 0.309 e. The molecule has 27 heavy (non-hydrogen) atoms. The first kappa shape index (κ1) is 17.9. The summed E-state index contributed by atoms with van der Waals surface area (Å²) < 4.78 is 1.96. The second kappa shape index (κ2) is 7.27. The van der Waals surface area contributed by atoms with E-state index in [1.807, 2.05) is 35.8 Å². The number of benzene rings is 1. The monoisotopic (exact) mass is 384 g/mol. The molecule has 0 atom stereocenters. The number of ketones is 1. The summed E-state index contributed by atoms with van der Waals surface area (Å²) in [6, 6.07) is 7.40. The quantitative estimate of drug-likeness (QED) is 0.742. The number of aromatic amines is 1. The number of nitrogens with one attached hydrogen (secondary N) is 1. The van der Waals surface area contributed by atoms with Crippen LogP contribution in [0.15, 0.2) is 29.1 Å². The zero-order valence-electron chi connectivity index (χ0n) is 15.2. The fourth-order valence-corrected chi connectivity index (χ4v) is 3.87. The van der Waals surface area contributed by atoms with Crippen molar-refractivity contribution in [3.63, 3.8) is 0 Å². The van der Waals surface area contributed by atoms with Crippen LogP contribution in [0.5, 0.6) is 0 Å². The van der Waals surface area contributed by atoms with Gasteiger partial charge in [-0.1, -0.05) is 11.6 Å². The second-order valence-corrected chi connectivity index (χ2v) is 7.49. The Kier molecular flexibility index (Phi) is 4.83. The molecule has 3 aromatic rings. The molecule has 0 unspecified atom stereocenters. The van der Waals surface area contributed by atoms with Crippen molar-refractivity contribution < 1.29 is 4.79 Å². The van der Waals surface area contributed by atoms with Gasteiger partial charge in [-0.3, -0.25) is 9.59 Å². The third-order valence-electron chi connectivity index (χ3n) is 5.22. The Labute approximate surface area is 161 Å². The molecule has 1 aromatic carbocycles. The van der Waals surface area contributed by atoms with Gasteiger partial charge >= 0.3 is 0 Å². The normalized spacial score (nSPS) is 15.6. The SMILES string of the molecule is CCn1c(-c2ccc(Cl)cc2)nc2c(=O)[nH]c(CC3CCC(=O)CC3)nc21. The van der Waals surface area contributed by atoms with Crippen molar-refractivity contribution >= 4 is 28.5 Å².